The van der Waals surface area contributed by atoms with Gasteiger partial charge in [-0.2, -0.15) is 0 Å². The summed E-state index contributed by atoms with van der Waals surface area (Å²) in [4.78, 5) is 30.7. The van der Waals surface area contributed by atoms with Gasteiger partial charge in [0.05, 0.1) is 29.2 Å². The maximum absolute atomic E-state index is 14.8. The van der Waals surface area contributed by atoms with Crippen molar-refractivity contribution in [3.63, 3.8) is 0 Å². The fourth-order valence-electron chi connectivity index (χ4n) is 6.21. The Morgan fingerprint density at radius 2 is 1.57 bits per heavy atom. The van der Waals surface area contributed by atoms with Crippen molar-refractivity contribution in [3.05, 3.63) is 99.8 Å². The summed E-state index contributed by atoms with van der Waals surface area (Å²) in [5, 5.41) is 7.30. The van der Waals surface area contributed by atoms with Crippen LogP contribution in [-0.2, 0) is 21.7 Å². The first-order valence-electron chi connectivity index (χ1n) is 13.0. The molecule has 3 aromatic rings. The van der Waals surface area contributed by atoms with Crippen LogP contribution in [0.15, 0.2) is 71.9 Å². The van der Waals surface area contributed by atoms with Crippen LogP contribution in [0.1, 0.15) is 54.5 Å². The summed E-state index contributed by atoms with van der Waals surface area (Å²) >= 11 is 0. The standard InChI is InChI=1S/C32H33N3O2/c1-19-11-12-27-23(13-19)32(30(37)35(27)18-22-9-7-6-8-10-22)29-26(16-31(4,5)17-28(29)36)33-24-14-20(2)21(3)15-25(24)34-32/h6-15,33-34H,16-18H2,1-5H3. The van der Waals surface area contributed by atoms with Crippen LogP contribution in [0.2, 0.25) is 0 Å². The number of nitrogens with zero attached hydrogens (tertiary/aromatic N) is 1. The Morgan fingerprint density at radius 3 is 2.30 bits per heavy atom. The highest BCUT2D eigenvalue weighted by atomic mass is 16.2. The van der Waals surface area contributed by atoms with Crippen LogP contribution in [0, 0.1) is 26.2 Å². The fourth-order valence-corrected chi connectivity index (χ4v) is 6.21. The number of Topliss-reactive ketones (excluding diaryl/α,β-unsaturated/α-hetero) is 1. The van der Waals surface area contributed by atoms with E-state index in [0.717, 1.165) is 50.6 Å². The van der Waals surface area contributed by atoms with Crippen molar-refractivity contribution in [1.82, 2.24) is 0 Å². The van der Waals surface area contributed by atoms with E-state index < -0.39 is 5.54 Å². The molecule has 0 aromatic heterocycles. The molecule has 1 atom stereocenters. The van der Waals surface area contributed by atoms with Gasteiger partial charge in [0, 0.05) is 17.7 Å². The summed E-state index contributed by atoms with van der Waals surface area (Å²) in [6.07, 6.45) is 1.09. The van der Waals surface area contributed by atoms with Crippen molar-refractivity contribution in [1.29, 1.82) is 0 Å². The predicted molar refractivity (Wildman–Crippen MR) is 149 cm³/mol. The molecule has 1 amide bonds. The summed E-state index contributed by atoms with van der Waals surface area (Å²) in [7, 11) is 0. The Bertz CT molecular complexity index is 1500. The average Bonchev–Trinajstić information content (AvgIpc) is 2.95. The highest BCUT2D eigenvalue weighted by Gasteiger charge is 2.58. The van der Waals surface area contributed by atoms with Crippen LogP contribution < -0.4 is 15.5 Å². The van der Waals surface area contributed by atoms with Gasteiger partial charge >= 0.3 is 0 Å². The molecule has 2 heterocycles. The zero-order chi connectivity index (χ0) is 26.1. The van der Waals surface area contributed by atoms with E-state index in [1.54, 1.807) is 0 Å². The van der Waals surface area contributed by atoms with Crippen LogP contribution in [0.5, 0.6) is 0 Å². The van der Waals surface area contributed by atoms with Gasteiger partial charge in [-0.3, -0.25) is 9.59 Å². The summed E-state index contributed by atoms with van der Waals surface area (Å²) < 4.78 is 0. The zero-order valence-electron chi connectivity index (χ0n) is 22.2. The molecule has 3 aromatic carbocycles. The molecule has 0 fully saturated rings. The Morgan fingerprint density at radius 1 is 0.865 bits per heavy atom. The Hall–Kier alpha value is -3.86. The number of amides is 1. The Labute approximate surface area is 218 Å². The van der Waals surface area contributed by atoms with E-state index in [9.17, 15) is 9.59 Å². The second-order valence-corrected chi connectivity index (χ2v) is 11.7. The number of anilines is 3. The third-order valence-electron chi connectivity index (χ3n) is 8.09. The highest BCUT2D eigenvalue weighted by Crippen LogP contribution is 2.54. The number of ketones is 1. The first-order valence-corrected chi connectivity index (χ1v) is 13.0. The molecule has 1 spiro atoms. The molecule has 3 aliphatic rings. The van der Waals surface area contributed by atoms with Gasteiger partial charge in [0.2, 0.25) is 0 Å². The minimum atomic E-state index is -1.29. The molecule has 0 saturated carbocycles. The summed E-state index contributed by atoms with van der Waals surface area (Å²) in [6.45, 7) is 10.9. The van der Waals surface area contributed by atoms with E-state index in [2.05, 4.69) is 56.5 Å². The molecular weight excluding hydrogens is 458 g/mol. The second-order valence-electron chi connectivity index (χ2n) is 11.7. The van der Waals surface area contributed by atoms with E-state index in [0.29, 0.717) is 25.0 Å². The molecule has 188 valence electrons. The van der Waals surface area contributed by atoms with Crippen LogP contribution in [0.4, 0.5) is 17.1 Å². The number of allylic oxidation sites excluding steroid dienone is 1. The van der Waals surface area contributed by atoms with Crippen molar-refractivity contribution in [3.8, 4) is 0 Å². The van der Waals surface area contributed by atoms with E-state index in [4.69, 9.17) is 0 Å². The number of fused-ring (bicyclic) bond motifs is 4. The van der Waals surface area contributed by atoms with Crippen LogP contribution in [0.25, 0.3) is 0 Å². The first kappa shape index (κ1) is 23.5. The van der Waals surface area contributed by atoms with Gasteiger partial charge < -0.3 is 15.5 Å². The fraction of sp³-hybridized carbons (Fsp3) is 0.312. The molecule has 2 N–H and O–H groups in total. The van der Waals surface area contributed by atoms with E-state index in [-0.39, 0.29) is 17.1 Å². The number of aryl methyl sites for hydroxylation is 3. The third kappa shape index (κ3) is 3.59. The van der Waals surface area contributed by atoms with E-state index in [1.807, 2.05) is 54.3 Å². The summed E-state index contributed by atoms with van der Waals surface area (Å²) in [6, 6.07) is 20.4. The minimum Gasteiger partial charge on any atom is -0.362 e. The SMILES string of the molecule is Cc1ccc2c(c1)C1(Nc3cc(C)c(C)cc3NC3=C1C(=O)CC(C)(C)C3)C(=O)N2Cc1ccccc1. The molecule has 5 nitrogen and oxygen atoms in total. The van der Waals surface area contributed by atoms with Gasteiger partial charge in [-0.15, -0.1) is 0 Å². The summed E-state index contributed by atoms with van der Waals surface area (Å²) in [5.74, 6) is -0.0831. The maximum atomic E-state index is 14.8. The van der Waals surface area contributed by atoms with Gasteiger partial charge in [0.25, 0.3) is 5.91 Å². The highest BCUT2D eigenvalue weighted by molar-refractivity contribution is 6.19. The number of carbonyl (C=O) groups excluding carboxylic acids is 2. The molecule has 0 bridgehead atoms. The topological polar surface area (TPSA) is 61.4 Å². The smallest absolute Gasteiger partial charge is 0.262 e. The Balaban J connectivity index is 1.64. The molecule has 5 heteroatoms. The lowest BCUT2D eigenvalue weighted by Gasteiger charge is -2.38. The molecule has 6 rings (SSSR count). The third-order valence-corrected chi connectivity index (χ3v) is 8.09. The predicted octanol–water partition coefficient (Wildman–Crippen LogP) is 6.53. The van der Waals surface area contributed by atoms with Gasteiger partial charge in [-0.1, -0.05) is 61.9 Å². The van der Waals surface area contributed by atoms with Crippen molar-refractivity contribution in [2.24, 2.45) is 5.41 Å². The minimum absolute atomic E-state index is 0.0230. The number of hydrogen-bond donors (Lipinski definition) is 2. The van der Waals surface area contributed by atoms with Crippen molar-refractivity contribution >= 4 is 28.8 Å². The molecule has 1 unspecified atom stereocenters. The monoisotopic (exact) mass is 491 g/mol. The van der Waals surface area contributed by atoms with Crippen molar-refractivity contribution < 1.29 is 9.59 Å². The number of carbonyl (C=O) groups is 2. The van der Waals surface area contributed by atoms with Gasteiger partial charge in [0.15, 0.2) is 11.3 Å². The van der Waals surface area contributed by atoms with E-state index >= 15 is 0 Å². The number of benzene rings is 3. The maximum Gasteiger partial charge on any atom is 0.262 e. The number of hydrogen-bond acceptors (Lipinski definition) is 4. The number of nitrogens with one attached hydrogen (secondary N) is 2. The largest absolute Gasteiger partial charge is 0.362 e. The number of rotatable bonds is 2. The van der Waals surface area contributed by atoms with Gasteiger partial charge in [0.1, 0.15) is 0 Å². The molecular formula is C32H33N3O2. The first-order chi connectivity index (χ1) is 17.6. The average molecular weight is 492 g/mol. The molecule has 2 aliphatic heterocycles. The lowest BCUT2D eigenvalue weighted by molar-refractivity contribution is -0.125. The van der Waals surface area contributed by atoms with Gasteiger partial charge in [-0.05, 0) is 67.5 Å². The Kier molecular flexibility index (Phi) is 5.13. The normalized spacial score (nSPS) is 21.7. The zero-order valence-corrected chi connectivity index (χ0v) is 22.2. The molecule has 1 aliphatic carbocycles. The second kappa shape index (κ2) is 8.07. The lowest BCUT2D eigenvalue weighted by atomic mass is 9.69. The summed E-state index contributed by atoms with van der Waals surface area (Å²) in [5.41, 5.74) is 7.74. The van der Waals surface area contributed by atoms with Crippen LogP contribution in [0.3, 0.4) is 0 Å². The molecule has 0 radical (unpaired) electrons. The van der Waals surface area contributed by atoms with Crippen molar-refractivity contribution in [2.45, 2.75) is 59.5 Å². The lowest BCUT2D eigenvalue weighted by Crippen LogP contribution is -2.50. The van der Waals surface area contributed by atoms with Crippen LogP contribution in [-0.4, -0.2) is 11.7 Å². The van der Waals surface area contributed by atoms with Crippen LogP contribution >= 0.6 is 0 Å². The quantitative estimate of drug-likeness (QED) is 0.428. The molecule has 37 heavy (non-hydrogen) atoms. The van der Waals surface area contributed by atoms with E-state index in [1.165, 1.54) is 0 Å². The molecule has 0 saturated heterocycles. The van der Waals surface area contributed by atoms with Crippen molar-refractivity contribution in [2.75, 3.05) is 15.5 Å². The van der Waals surface area contributed by atoms with Gasteiger partial charge in [-0.25, -0.2) is 0 Å².